The van der Waals surface area contributed by atoms with E-state index in [1.165, 1.54) is 16.2 Å². The van der Waals surface area contributed by atoms with Gasteiger partial charge < -0.3 is 4.74 Å². The minimum absolute atomic E-state index is 0.224. The molecule has 0 aliphatic rings. The normalized spacial score (nSPS) is 10.7. The molecule has 0 bridgehead atoms. The molecule has 0 N–H and O–H groups in total. The second-order valence-electron chi connectivity index (χ2n) is 3.70. The van der Waals surface area contributed by atoms with Crippen molar-refractivity contribution in [1.82, 2.24) is 0 Å². The van der Waals surface area contributed by atoms with Gasteiger partial charge in [0.25, 0.3) is 0 Å². The van der Waals surface area contributed by atoms with Gasteiger partial charge in [-0.1, -0.05) is 13.8 Å². The van der Waals surface area contributed by atoms with Crippen LogP contribution in [0.3, 0.4) is 0 Å². The van der Waals surface area contributed by atoms with Crippen molar-refractivity contribution < 1.29 is 9.53 Å². The van der Waals surface area contributed by atoms with Crippen LogP contribution >= 0.6 is 27.3 Å². The second-order valence-corrected chi connectivity index (χ2v) is 5.69. The van der Waals surface area contributed by atoms with E-state index in [4.69, 9.17) is 4.74 Å². The highest BCUT2D eigenvalue weighted by Crippen LogP contribution is 2.30. The van der Waals surface area contributed by atoms with Gasteiger partial charge in [0.05, 0.1) is 6.61 Å². The Bertz CT molecular complexity index is 344. The topological polar surface area (TPSA) is 26.3 Å². The van der Waals surface area contributed by atoms with Gasteiger partial charge in [0.1, 0.15) is 4.88 Å². The molecule has 0 amide bonds. The van der Waals surface area contributed by atoms with E-state index in [1.807, 2.05) is 13.0 Å². The second kappa shape index (κ2) is 5.66. The van der Waals surface area contributed by atoms with E-state index in [0.29, 0.717) is 17.4 Å². The Labute approximate surface area is 103 Å². The van der Waals surface area contributed by atoms with Crippen molar-refractivity contribution in [3.63, 3.8) is 0 Å². The van der Waals surface area contributed by atoms with Crippen LogP contribution in [0.15, 0.2) is 10.5 Å². The van der Waals surface area contributed by atoms with E-state index in [-0.39, 0.29) is 5.97 Å². The van der Waals surface area contributed by atoms with Crippen molar-refractivity contribution in [3.05, 3.63) is 20.3 Å². The molecular formula is C11H15BrO2S. The molecular weight excluding hydrogens is 276 g/mol. The fourth-order valence-corrected chi connectivity index (χ4v) is 3.16. The molecule has 0 unspecified atom stereocenters. The fraction of sp³-hybridized carbons (Fsp3) is 0.545. The van der Waals surface area contributed by atoms with Gasteiger partial charge in [-0.3, -0.25) is 0 Å². The maximum atomic E-state index is 11.5. The highest BCUT2D eigenvalue weighted by molar-refractivity contribution is 9.10. The minimum atomic E-state index is -0.224. The zero-order valence-corrected chi connectivity index (χ0v) is 11.6. The molecule has 1 rings (SSSR count). The first-order valence-electron chi connectivity index (χ1n) is 5.00. The lowest BCUT2D eigenvalue weighted by Crippen LogP contribution is -2.01. The van der Waals surface area contributed by atoms with Crippen molar-refractivity contribution in [2.75, 3.05) is 6.61 Å². The van der Waals surface area contributed by atoms with Crippen LogP contribution in [-0.2, 0) is 11.2 Å². The summed E-state index contributed by atoms with van der Waals surface area (Å²) in [5.41, 5.74) is 0. The summed E-state index contributed by atoms with van der Waals surface area (Å²) in [7, 11) is 0. The van der Waals surface area contributed by atoms with Crippen LogP contribution in [0.1, 0.15) is 35.3 Å². The Balaban J connectivity index is 2.80. The van der Waals surface area contributed by atoms with Crippen molar-refractivity contribution in [3.8, 4) is 0 Å². The molecule has 1 aromatic heterocycles. The summed E-state index contributed by atoms with van der Waals surface area (Å²) in [6, 6.07) is 1.85. The summed E-state index contributed by atoms with van der Waals surface area (Å²) in [5, 5.41) is 0. The van der Waals surface area contributed by atoms with Gasteiger partial charge in [-0.05, 0) is 41.3 Å². The first-order valence-corrected chi connectivity index (χ1v) is 6.60. The van der Waals surface area contributed by atoms with Gasteiger partial charge in [0, 0.05) is 9.35 Å². The van der Waals surface area contributed by atoms with Crippen LogP contribution in [0.25, 0.3) is 0 Å². The number of halogens is 1. The van der Waals surface area contributed by atoms with Gasteiger partial charge in [0.15, 0.2) is 0 Å². The first kappa shape index (κ1) is 12.7. The summed E-state index contributed by atoms with van der Waals surface area (Å²) in [6.45, 7) is 6.57. The third-order valence-corrected chi connectivity index (χ3v) is 3.94. The van der Waals surface area contributed by atoms with Gasteiger partial charge >= 0.3 is 5.97 Å². The summed E-state index contributed by atoms with van der Waals surface area (Å²) >= 11 is 4.98. The number of hydrogen-bond acceptors (Lipinski definition) is 3. The number of carbonyl (C=O) groups is 1. The maximum absolute atomic E-state index is 11.5. The molecule has 1 heterocycles. The molecule has 0 saturated carbocycles. The predicted molar refractivity (Wildman–Crippen MR) is 66.5 cm³/mol. The third kappa shape index (κ3) is 3.61. The highest BCUT2D eigenvalue weighted by atomic mass is 79.9. The Morgan fingerprint density at radius 1 is 1.60 bits per heavy atom. The van der Waals surface area contributed by atoms with Gasteiger partial charge in [-0.2, -0.15) is 0 Å². The van der Waals surface area contributed by atoms with Crippen LogP contribution < -0.4 is 0 Å². The molecule has 1 aromatic rings. The van der Waals surface area contributed by atoms with Crippen LogP contribution in [0, 0.1) is 5.92 Å². The fourth-order valence-electron chi connectivity index (χ4n) is 1.22. The molecule has 0 radical (unpaired) electrons. The van der Waals surface area contributed by atoms with Crippen LogP contribution in [-0.4, -0.2) is 12.6 Å². The van der Waals surface area contributed by atoms with Crippen molar-refractivity contribution in [1.29, 1.82) is 0 Å². The molecule has 0 aliphatic carbocycles. The largest absolute Gasteiger partial charge is 0.462 e. The lowest BCUT2D eigenvalue weighted by atomic mass is 10.1. The molecule has 4 heteroatoms. The number of thiophene rings is 1. The van der Waals surface area contributed by atoms with E-state index >= 15 is 0 Å². The van der Waals surface area contributed by atoms with Gasteiger partial charge in [-0.25, -0.2) is 4.79 Å². The number of esters is 1. The van der Waals surface area contributed by atoms with Crippen LogP contribution in [0.4, 0.5) is 0 Å². The molecule has 0 aliphatic heterocycles. The SMILES string of the molecule is CCOC(=O)c1cc(Br)c(CC(C)C)s1. The number of hydrogen-bond donors (Lipinski definition) is 0. The Kier molecular flexibility index (Phi) is 4.80. The molecule has 15 heavy (non-hydrogen) atoms. The van der Waals surface area contributed by atoms with Crippen molar-refractivity contribution in [2.24, 2.45) is 5.92 Å². The van der Waals surface area contributed by atoms with E-state index in [1.54, 1.807) is 0 Å². The molecule has 2 nitrogen and oxygen atoms in total. The molecule has 84 valence electrons. The number of carbonyl (C=O) groups excluding carboxylic acids is 1. The van der Waals surface area contributed by atoms with Crippen LogP contribution in [0.2, 0.25) is 0 Å². The van der Waals surface area contributed by atoms with E-state index in [9.17, 15) is 4.79 Å². The Morgan fingerprint density at radius 3 is 2.80 bits per heavy atom. The quantitative estimate of drug-likeness (QED) is 0.787. The summed E-state index contributed by atoms with van der Waals surface area (Å²) < 4.78 is 5.97. The molecule has 0 atom stereocenters. The zero-order chi connectivity index (χ0) is 11.4. The zero-order valence-electron chi connectivity index (χ0n) is 9.17. The average molecular weight is 291 g/mol. The lowest BCUT2D eigenvalue weighted by molar-refractivity contribution is 0.0532. The number of ether oxygens (including phenoxy) is 1. The van der Waals surface area contributed by atoms with Crippen molar-refractivity contribution in [2.45, 2.75) is 27.2 Å². The summed E-state index contributed by atoms with van der Waals surface area (Å²) in [6.07, 6.45) is 0.991. The van der Waals surface area contributed by atoms with E-state index < -0.39 is 0 Å². The smallest absolute Gasteiger partial charge is 0.348 e. The summed E-state index contributed by atoms with van der Waals surface area (Å²) in [5.74, 6) is 0.369. The minimum Gasteiger partial charge on any atom is -0.462 e. The Hall–Kier alpha value is -0.350. The Morgan fingerprint density at radius 2 is 2.27 bits per heavy atom. The van der Waals surface area contributed by atoms with E-state index in [0.717, 1.165) is 10.9 Å². The van der Waals surface area contributed by atoms with Crippen molar-refractivity contribution >= 4 is 33.2 Å². The monoisotopic (exact) mass is 290 g/mol. The third-order valence-electron chi connectivity index (χ3n) is 1.83. The molecule has 0 spiro atoms. The molecule has 0 fully saturated rings. The number of rotatable bonds is 4. The average Bonchev–Trinajstić information content (AvgIpc) is 2.47. The summed E-state index contributed by atoms with van der Waals surface area (Å²) in [4.78, 5) is 13.4. The predicted octanol–water partition coefficient (Wildman–Crippen LogP) is 3.89. The highest BCUT2D eigenvalue weighted by Gasteiger charge is 2.14. The molecule has 0 saturated heterocycles. The first-order chi connectivity index (χ1) is 7.04. The van der Waals surface area contributed by atoms with Gasteiger partial charge in [-0.15, -0.1) is 11.3 Å². The standard InChI is InChI=1S/C11H15BrO2S/c1-4-14-11(13)10-6-8(12)9(15-10)5-7(2)3/h6-7H,4-5H2,1-3H3. The van der Waals surface area contributed by atoms with Crippen LogP contribution in [0.5, 0.6) is 0 Å². The van der Waals surface area contributed by atoms with Gasteiger partial charge in [0.2, 0.25) is 0 Å². The maximum Gasteiger partial charge on any atom is 0.348 e. The van der Waals surface area contributed by atoms with E-state index in [2.05, 4.69) is 29.8 Å². The lowest BCUT2D eigenvalue weighted by Gasteiger charge is -2.01. The molecule has 0 aromatic carbocycles.